The van der Waals surface area contributed by atoms with Gasteiger partial charge in [0.2, 0.25) is 0 Å². The van der Waals surface area contributed by atoms with Gasteiger partial charge < -0.3 is 9.67 Å². The molecule has 2 atom stereocenters. The molecule has 3 rings (SSSR count). The molecule has 2 aromatic rings. The Morgan fingerprint density at radius 3 is 2.70 bits per heavy atom. The predicted molar refractivity (Wildman–Crippen MR) is 81.9 cm³/mol. The number of aliphatic hydroxyl groups is 1. The van der Waals surface area contributed by atoms with Crippen LogP contribution < -0.4 is 0 Å². The zero-order chi connectivity index (χ0) is 14.5. The standard InChI is InChI=1S/C17H24N2O/c1-11-8-13-15(9-12(11)2)19(10-18-13)14-6-5-7-17(3,4)16(14)20/h8-10,14,16,20H,5-7H2,1-4H3. The lowest BCUT2D eigenvalue weighted by Gasteiger charge is -2.41. The Labute approximate surface area is 120 Å². The van der Waals surface area contributed by atoms with Crippen LogP contribution in [0.4, 0.5) is 0 Å². The minimum Gasteiger partial charge on any atom is -0.390 e. The van der Waals surface area contributed by atoms with Gasteiger partial charge in [0.05, 0.1) is 29.5 Å². The van der Waals surface area contributed by atoms with Gasteiger partial charge in [-0.3, -0.25) is 0 Å². The fourth-order valence-electron chi connectivity index (χ4n) is 3.43. The Kier molecular flexibility index (Phi) is 3.13. The fraction of sp³-hybridized carbons (Fsp3) is 0.588. The smallest absolute Gasteiger partial charge is 0.0961 e. The minimum atomic E-state index is -0.310. The molecule has 1 heterocycles. The molecular weight excluding hydrogens is 248 g/mol. The maximum absolute atomic E-state index is 10.7. The van der Waals surface area contributed by atoms with Crippen LogP contribution >= 0.6 is 0 Å². The van der Waals surface area contributed by atoms with Crippen LogP contribution in [0.15, 0.2) is 18.5 Å². The molecule has 1 N–H and O–H groups in total. The maximum Gasteiger partial charge on any atom is 0.0961 e. The fourth-order valence-corrected chi connectivity index (χ4v) is 3.43. The second kappa shape index (κ2) is 4.59. The molecule has 0 amide bonds. The monoisotopic (exact) mass is 272 g/mol. The van der Waals surface area contributed by atoms with E-state index >= 15 is 0 Å². The first-order valence-corrected chi connectivity index (χ1v) is 7.52. The second-order valence-electron chi connectivity index (χ2n) is 6.97. The van der Waals surface area contributed by atoms with Crippen LogP contribution in [-0.2, 0) is 0 Å². The van der Waals surface area contributed by atoms with E-state index in [9.17, 15) is 5.11 Å². The SMILES string of the molecule is Cc1cc2ncn(C3CCCC(C)(C)C3O)c2cc1C. The van der Waals surface area contributed by atoms with Gasteiger partial charge in [-0.05, 0) is 55.4 Å². The first-order chi connectivity index (χ1) is 9.40. The van der Waals surface area contributed by atoms with Crippen molar-refractivity contribution in [3.05, 3.63) is 29.6 Å². The number of hydrogen-bond donors (Lipinski definition) is 1. The Balaban J connectivity index is 2.08. The highest BCUT2D eigenvalue weighted by atomic mass is 16.3. The van der Waals surface area contributed by atoms with Crippen LogP contribution in [0.2, 0.25) is 0 Å². The van der Waals surface area contributed by atoms with Gasteiger partial charge in [-0.25, -0.2) is 4.98 Å². The summed E-state index contributed by atoms with van der Waals surface area (Å²) in [6.07, 6.45) is 4.88. The molecule has 2 unspecified atom stereocenters. The van der Waals surface area contributed by atoms with E-state index in [1.807, 2.05) is 6.33 Å². The van der Waals surface area contributed by atoms with Gasteiger partial charge in [0, 0.05) is 0 Å². The third-order valence-corrected chi connectivity index (χ3v) is 5.03. The number of rotatable bonds is 1. The lowest BCUT2D eigenvalue weighted by molar-refractivity contribution is -0.0250. The molecule has 1 saturated carbocycles. The number of imidazole rings is 1. The number of fused-ring (bicyclic) bond motifs is 1. The van der Waals surface area contributed by atoms with E-state index in [1.54, 1.807) is 0 Å². The Hall–Kier alpha value is -1.35. The van der Waals surface area contributed by atoms with Crippen molar-refractivity contribution < 1.29 is 5.11 Å². The molecule has 1 fully saturated rings. The molecule has 1 aromatic carbocycles. The third-order valence-electron chi connectivity index (χ3n) is 5.03. The summed E-state index contributed by atoms with van der Waals surface area (Å²) in [5, 5.41) is 10.7. The highest BCUT2D eigenvalue weighted by Crippen LogP contribution is 2.42. The van der Waals surface area contributed by atoms with Crippen molar-refractivity contribution in [2.75, 3.05) is 0 Å². The summed E-state index contributed by atoms with van der Waals surface area (Å²) in [4.78, 5) is 4.53. The lowest BCUT2D eigenvalue weighted by atomic mass is 9.72. The van der Waals surface area contributed by atoms with Gasteiger partial charge in [0.25, 0.3) is 0 Å². The molecule has 1 aliphatic rings. The number of aliphatic hydroxyl groups excluding tert-OH is 1. The molecule has 108 valence electrons. The summed E-state index contributed by atoms with van der Waals surface area (Å²) < 4.78 is 2.19. The van der Waals surface area contributed by atoms with Crippen LogP contribution in [0.3, 0.4) is 0 Å². The van der Waals surface area contributed by atoms with Crippen LogP contribution in [0.1, 0.15) is 50.3 Å². The first kappa shape index (κ1) is 13.6. The molecule has 20 heavy (non-hydrogen) atoms. The molecular formula is C17H24N2O. The summed E-state index contributed by atoms with van der Waals surface area (Å²) in [6, 6.07) is 4.49. The summed E-state index contributed by atoms with van der Waals surface area (Å²) in [5.41, 5.74) is 4.72. The molecule has 0 bridgehead atoms. The molecule has 3 heteroatoms. The molecule has 0 saturated heterocycles. The molecule has 3 nitrogen and oxygen atoms in total. The quantitative estimate of drug-likeness (QED) is 0.858. The van der Waals surface area contributed by atoms with E-state index < -0.39 is 0 Å². The molecule has 0 radical (unpaired) electrons. The summed E-state index contributed by atoms with van der Waals surface area (Å²) in [5.74, 6) is 0. The van der Waals surface area contributed by atoms with Crippen LogP contribution in [0, 0.1) is 19.3 Å². The molecule has 1 aliphatic carbocycles. The number of aromatic nitrogens is 2. The third kappa shape index (κ3) is 2.05. The molecule has 1 aromatic heterocycles. The largest absolute Gasteiger partial charge is 0.390 e. The normalized spacial score (nSPS) is 26.1. The average molecular weight is 272 g/mol. The van der Waals surface area contributed by atoms with Crippen molar-refractivity contribution in [1.29, 1.82) is 0 Å². The van der Waals surface area contributed by atoms with E-state index in [4.69, 9.17) is 0 Å². The Morgan fingerprint density at radius 2 is 1.95 bits per heavy atom. The van der Waals surface area contributed by atoms with Gasteiger partial charge in [0.1, 0.15) is 0 Å². The van der Waals surface area contributed by atoms with Crippen LogP contribution in [0.25, 0.3) is 11.0 Å². The van der Waals surface area contributed by atoms with Crippen molar-refractivity contribution in [3.63, 3.8) is 0 Å². The van der Waals surface area contributed by atoms with E-state index in [-0.39, 0.29) is 17.6 Å². The minimum absolute atomic E-state index is 0.0146. The van der Waals surface area contributed by atoms with E-state index in [0.717, 1.165) is 23.9 Å². The lowest BCUT2D eigenvalue weighted by Crippen LogP contribution is -2.40. The maximum atomic E-state index is 10.7. The van der Waals surface area contributed by atoms with Gasteiger partial charge in [-0.2, -0.15) is 0 Å². The summed E-state index contributed by atoms with van der Waals surface area (Å²) >= 11 is 0. The van der Waals surface area contributed by atoms with E-state index in [0.29, 0.717) is 0 Å². The Bertz CT molecular complexity index is 642. The summed E-state index contributed by atoms with van der Waals surface area (Å²) in [6.45, 7) is 8.58. The second-order valence-corrected chi connectivity index (χ2v) is 6.97. The number of benzene rings is 1. The van der Waals surface area contributed by atoms with Crippen LogP contribution in [-0.4, -0.2) is 20.8 Å². The Morgan fingerprint density at radius 1 is 1.25 bits per heavy atom. The van der Waals surface area contributed by atoms with Gasteiger partial charge >= 0.3 is 0 Å². The van der Waals surface area contributed by atoms with E-state index in [2.05, 4.69) is 49.4 Å². The van der Waals surface area contributed by atoms with Crippen molar-refractivity contribution >= 4 is 11.0 Å². The zero-order valence-electron chi connectivity index (χ0n) is 12.8. The topological polar surface area (TPSA) is 38.0 Å². The van der Waals surface area contributed by atoms with E-state index in [1.165, 1.54) is 17.5 Å². The first-order valence-electron chi connectivity index (χ1n) is 7.52. The van der Waals surface area contributed by atoms with Gasteiger partial charge in [-0.15, -0.1) is 0 Å². The van der Waals surface area contributed by atoms with Crippen molar-refractivity contribution in [1.82, 2.24) is 9.55 Å². The average Bonchev–Trinajstić information content (AvgIpc) is 2.76. The highest BCUT2D eigenvalue weighted by molar-refractivity contribution is 5.77. The van der Waals surface area contributed by atoms with Crippen LogP contribution in [0.5, 0.6) is 0 Å². The molecule has 0 aliphatic heterocycles. The van der Waals surface area contributed by atoms with Gasteiger partial charge in [-0.1, -0.05) is 20.3 Å². The zero-order valence-corrected chi connectivity index (χ0v) is 12.8. The van der Waals surface area contributed by atoms with Crippen molar-refractivity contribution in [3.8, 4) is 0 Å². The van der Waals surface area contributed by atoms with Crippen molar-refractivity contribution in [2.24, 2.45) is 5.41 Å². The number of hydrogen-bond acceptors (Lipinski definition) is 2. The number of nitrogens with zero attached hydrogens (tertiary/aromatic N) is 2. The van der Waals surface area contributed by atoms with Gasteiger partial charge in [0.15, 0.2) is 0 Å². The predicted octanol–water partition coefficient (Wildman–Crippen LogP) is 3.77. The summed E-state index contributed by atoms with van der Waals surface area (Å²) in [7, 11) is 0. The number of aryl methyl sites for hydroxylation is 2. The highest BCUT2D eigenvalue weighted by Gasteiger charge is 2.38. The molecule has 0 spiro atoms. The van der Waals surface area contributed by atoms with Crippen molar-refractivity contribution in [2.45, 2.75) is 59.1 Å².